The lowest BCUT2D eigenvalue weighted by atomic mass is 10.5. The molecular weight excluding hydrogens is 158 g/mol. The molecule has 0 aromatic carbocycles. The molecule has 0 saturated heterocycles. The van der Waals surface area contributed by atoms with E-state index in [4.69, 9.17) is 4.74 Å². The highest BCUT2D eigenvalue weighted by atomic mass is 32.2. The van der Waals surface area contributed by atoms with Gasteiger partial charge in [-0.1, -0.05) is 0 Å². The molecule has 0 aromatic heterocycles. The van der Waals surface area contributed by atoms with E-state index in [0.29, 0.717) is 0 Å². The molecule has 0 unspecified atom stereocenters. The van der Waals surface area contributed by atoms with E-state index >= 15 is 0 Å². The van der Waals surface area contributed by atoms with Gasteiger partial charge in [0.1, 0.15) is 0 Å². The Labute approximate surface area is 74.3 Å². The molecule has 0 atom stereocenters. The van der Waals surface area contributed by atoms with Gasteiger partial charge in [-0.2, -0.15) is 11.8 Å². The van der Waals surface area contributed by atoms with Crippen LogP contribution in [0.5, 0.6) is 0 Å². The summed E-state index contributed by atoms with van der Waals surface area (Å²) in [5.41, 5.74) is 0. The number of hydrogen-bond donors (Lipinski definition) is 0. The van der Waals surface area contributed by atoms with Gasteiger partial charge in [0.05, 0.1) is 0 Å². The van der Waals surface area contributed by atoms with Crippen molar-refractivity contribution in [1.29, 1.82) is 0 Å². The fraction of sp³-hybridized carbons (Fsp3) is 1.00. The first-order chi connectivity index (χ1) is 5.27. The van der Waals surface area contributed by atoms with E-state index in [1.807, 2.05) is 11.8 Å². The zero-order chi connectivity index (χ0) is 8.53. The molecule has 0 spiro atoms. The van der Waals surface area contributed by atoms with E-state index in [0.717, 1.165) is 6.61 Å². The third-order valence-corrected chi connectivity index (χ3v) is 2.37. The minimum Gasteiger partial charge on any atom is -0.385 e. The summed E-state index contributed by atoms with van der Waals surface area (Å²) in [5.74, 6) is 2.46. The first kappa shape index (κ1) is 11.3. The van der Waals surface area contributed by atoms with Crippen LogP contribution in [-0.4, -0.2) is 50.8 Å². The molecule has 0 amide bonds. The Hall–Kier alpha value is 0.270. The minimum atomic E-state index is 0.898. The fourth-order valence-corrected chi connectivity index (χ4v) is 1.67. The maximum atomic E-state index is 4.95. The standard InChI is InChI=1S/C8H19NOS/c1-9(2)5-8-11-7-4-6-10-3/h4-8H2,1-3H3. The predicted molar refractivity (Wildman–Crippen MR) is 52.4 cm³/mol. The summed E-state index contributed by atoms with van der Waals surface area (Å²) in [7, 11) is 5.97. The van der Waals surface area contributed by atoms with Gasteiger partial charge in [0, 0.05) is 26.0 Å². The van der Waals surface area contributed by atoms with Crippen LogP contribution in [0, 0.1) is 0 Å². The number of thioether (sulfide) groups is 1. The largest absolute Gasteiger partial charge is 0.385 e. The Morgan fingerprint density at radius 1 is 1.27 bits per heavy atom. The summed E-state index contributed by atoms with van der Waals surface area (Å²) >= 11 is 2.00. The maximum Gasteiger partial charge on any atom is 0.0470 e. The summed E-state index contributed by atoms with van der Waals surface area (Å²) < 4.78 is 4.95. The monoisotopic (exact) mass is 177 g/mol. The second kappa shape index (κ2) is 8.37. The van der Waals surface area contributed by atoms with Crippen molar-refractivity contribution in [3.63, 3.8) is 0 Å². The third-order valence-electron chi connectivity index (χ3n) is 1.32. The maximum absolute atomic E-state index is 4.95. The van der Waals surface area contributed by atoms with Crippen molar-refractivity contribution < 1.29 is 4.74 Å². The van der Waals surface area contributed by atoms with Gasteiger partial charge in [0.2, 0.25) is 0 Å². The van der Waals surface area contributed by atoms with Crippen molar-refractivity contribution in [3.05, 3.63) is 0 Å². The lowest BCUT2D eigenvalue weighted by molar-refractivity contribution is 0.200. The lowest BCUT2D eigenvalue weighted by Gasteiger charge is -2.07. The van der Waals surface area contributed by atoms with Crippen LogP contribution in [0.1, 0.15) is 6.42 Å². The summed E-state index contributed by atoms with van der Waals surface area (Å²) in [5, 5.41) is 0. The van der Waals surface area contributed by atoms with E-state index in [9.17, 15) is 0 Å². The van der Waals surface area contributed by atoms with Crippen LogP contribution >= 0.6 is 11.8 Å². The van der Waals surface area contributed by atoms with Gasteiger partial charge in [0.15, 0.2) is 0 Å². The molecule has 68 valence electrons. The highest BCUT2D eigenvalue weighted by Crippen LogP contribution is 2.01. The molecule has 0 heterocycles. The van der Waals surface area contributed by atoms with Crippen molar-refractivity contribution in [3.8, 4) is 0 Å². The first-order valence-electron chi connectivity index (χ1n) is 3.98. The molecule has 0 radical (unpaired) electrons. The number of hydrogen-bond acceptors (Lipinski definition) is 3. The first-order valence-corrected chi connectivity index (χ1v) is 5.14. The molecule has 2 nitrogen and oxygen atoms in total. The molecule has 0 N–H and O–H groups in total. The number of ether oxygens (including phenoxy) is 1. The van der Waals surface area contributed by atoms with Crippen LogP contribution in [0.25, 0.3) is 0 Å². The Bertz CT molecular complexity index is 78.5. The zero-order valence-corrected chi connectivity index (χ0v) is 8.62. The molecule has 11 heavy (non-hydrogen) atoms. The van der Waals surface area contributed by atoms with Gasteiger partial charge in [-0.3, -0.25) is 0 Å². The predicted octanol–water partition coefficient (Wildman–Crippen LogP) is 1.32. The molecule has 0 aliphatic rings. The third kappa shape index (κ3) is 10.3. The number of rotatable bonds is 7. The Kier molecular flexibility index (Phi) is 8.57. The highest BCUT2D eigenvalue weighted by molar-refractivity contribution is 7.99. The molecule has 0 fully saturated rings. The van der Waals surface area contributed by atoms with Gasteiger partial charge < -0.3 is 9.64 Å². The summed E-state index contributed by atoms with van der Waals surface area (Å²) in [4.78, 5) is 2.21. The van der Waals surface area contributed by atoms with Crippen LogP contribution in [0.4, 0.5) is 0 Å². The van der Waals surface area contributed by atoms with Crippen LogP contribution < -0.4 is 0 Å². The van der Waals surface area contributed by atoms with Gasteiger partial charge in [-0.15, -0.1) is 0 Å². The van der Waals surface area contributed by atoms with Gasteiger partial charge in [-0.25, -0.2) is 0 Å². The summed E-state index contributed by atoms with van der Waals surface area (Å²) in [6.07, 6.45) is 1.18. The smallest absolute Gasteiger partial charge is 0.0470 e. The molecule has 0 rings (SSSR count). The molecule has 0 aromatic rings. The summed E-state index contributed by atoms with van der Waals surface area (Å²) in [6, 6.07) is 0. The minimum absolute atomic E-state index is 0.898. The SMILES string of the molecule is COCCCSCCN(C)C. The number of methoxy groups -OCH3 is 1. The van der Waals surface area contributed by atoms with E-state index in [1.54, 1.807) is 7.11 Å². The average molecular weight is 177 g/mol. The van der Waals surface area contributed by atoms with E-state index in [1.165, 1.54) is 24.5 Å². The van der Waals surface area contributed by atoms with Crippen molar-refractivity contribution in [2.45, 2.75) is 6.42 Å². The van der Waals surface area contributed by atoms with Crippen LogP contribution in [0.15, 0.2) is 0 Å². The second-order valence-electron chi connectivity index (χ2n) is 2.76. The Morgan fingerprint density at radius 3 is 2.55 bits per heavy atom. The zero-order valence-electron chi connectivity index (χ0n) is 7.80. The van der Waals surface area contributed by atoms with Crippen LogP contribution in [-0.2, 0) is 4.74 Å². The molecule has 0 aliphatic heterocycles. The molecule has 0 saturated carbocycles. The van der Waals surface area contributed by atoms with Crippen molar-refractivity contribution in [2.75, 3.05) is 45.9 Å². The molecule has 3 heteroatoms. The van der Waals surface area contributed by atoms with Crippen LogP contribution in [0.3, 0.4) is 0 Å². The van der Waals surface area contributed by atoms with Crippen LogP contribution in [0.2, 0.25) is 0 Å². The van der Waals surface area contributed by atoms with Gasteiger partial charge in [0.25, 0.3) is 0 Å². The van der Waals surface area contributed by atoms with Crippen molar-refractivity contribution in [2.24, 2.45) is 0 Å². The van der Waals surface area contributed by atoms with E-state index in [-0.39, 0.29) is 0 Å². The molecular formula is C8H19NOS. The van der Waals surface area contributed by atoms with Gasteiger partial charge >= 0.3 is 0 Å². The lowest BCUT2D eigenvalue weighted by Crippen LogP contribution is -2.15. The molecule has 0 aliphatic carbocycles. The highest BCUT2D eigenvalue weighted by Gasteiger charge is 1.91. The quantitative estimate of drug-likeness (QED) is 0.544. The molecule has 0 bridgehead atoms. The Balaban J connectivity index is 2.80. The fourth-order valence-electron chi connectivity index (χ4n) is 0.655. The average Bonchev–Trinajstić information content (AvgIpc) is 1.96. The Morgan fingerprint density at radius 2 is 2.00 bits per heavy atom. The number of nitrogens with zero attached hydrogens (tertiary/aromatic N) is 1. The van der Waals surface area contributed by atoms with E-state index < -0.39 is 0 Å². The van der Waals surface area contributed by atoms with Crippen molar-refractivity contribution >= 4 is 11.8 Å². The van der Waals surface area contributed by atoms with Crippen molar-refractivity contribution in [1.82, 2.24) is 4.90 Å². The van der Waals surface area contributed by atoms with Gasteiger partial charge in [-0.05, 0) is 26.3 Å². The topological polar surface area (TPSA) is 12.5 Å². The second-order valence-corrected chi connectivity index (χ2v) is 3.99. The summed E-state index contributed by atoms with van der Waals surface area (Å²) in [6.45, 7) is 2.08. The normalized spacial score (nSPS) is 10.9. The van der Waals surface area contributed by atoms with E-state index in [2.05, 4.69) is 19.0 Å².